The number of carboxylic acids is 1. The Labute approximate surface area is 238 Å². The number of aromatic carboxylic acids is 1. The zero-order valence-corrected chi connectivity index (χ0v) is 23.0. The largest absolute Gasteiger partial charge is 0.478 e. The summed E-state index contributed by atoms with van der Waals surface area (Å²) in [5.74, 6) is 0.188. The zero-order valence-electron chi connectivity index (χ0n) is 23.0. The number of ether oxygens (including phenoxy) is 3. The molecule has 1 unspecified atom stereocenters. The summed E-state index contributed by atoms with van der Waals surface area (Å²) in [6, 6.07) is 25.0. The first-order chi connectivity index (χ1) is 19.9. The van der Waals surface area contributed by atoms with Gasteiger partial charge in [-0.2, -0.15) is 4.98 Å². The predicted octanol–water partition coefficient (Wildman–Crippen LogP) is 6.96. The van der Waals surface area contributed by atoms with Crippen molar-refractivity contribution in [1.82, 2.24) is 14.5 Å². The number of aryl methyl sites for hydroxylation is 2. The zero-order chi connectivity index (χ0) is 28.3. The van der Waals surface area contributed by atoms with E-state index < -0.39 is 5.97 Å². The van der Waals surface area contributed by atoms with Crippen molar-refractivity contribution in [2.24, 2.45) is 0 Å². The highest BCUT2D eigenvalue weighted by Gasteiger charge is 2.22. The molecule has 0 spiro atoms. The Balaban J connectivity index is 1.21. The second kappa shape index (κ2) is 11.4. The molecule has 1 atom stereocenters. The molecular formula is C33H31N3O5. The highest BCUT2D eigenvalue weighted by Crippen LogP contribution is 2.30. The second-order valence-electron chi connectivity index (χ2n) is 10.4. The van der Waals surface area contributed by atoms with Crippen LogP contribution in [0.5, 0.6) is 17.6 Å². The fraction of sp³-hybridized carbons (Fsp3) is 0.242. The Hall–Kier alpha value is -4.69. The van der Waals surface area contributed by atoms with Crippen LogP contribution in [0.2, 0.25) is 0 Å². The van der Waals surface area contributed by atoms with Crippen LogP contribution in [0.15, 0.2) is 78.9 Å². The van der Waals surface area contributed by atoms with Gasteiger partial charge in [0.25, 0.3) is 0 Å². The summed E-state index contributed by atoms with van der Waals surface area (Å²) in [6.45, 7) is 5.88. The van der Waals surface area contributed by atoms with Gasteiger partial charge in [0.15, 0.2) is 0 Å². The lowest BCUT2D eigenvalue weighted by atomic mass is 10.1. The maximum atomic E-state index is 11.6. The molecule has 3 heterocycles. The minimum atomic E-state index is -0.983. The number of carbonyl (C=O) groups is 1. The number of hydrogen-bond donors (Lipinski definition) is 1. The van der Waals surface area contributed by atoms with Gasteiger partial charge in [0.2, 0.25) is 5.88 Å². The van der Waals surface area contributed by atoms with E-state index in [-0.39, 0.29) is 11.7 Å². The standard InChI is InChI=1S/C33H31N3O5/c1-21-8-9-25(22(2)17-21)20-40-31-7-3-6-28(34-31)23-10-13-26(14-11-23)41-33-35-29-15-12-24(32(37)38)18-30(29)36(33)19-27-5-4-16-39-27/h3,6-15,17-18,27H,4-5,16,19-20H2,1-2H3,(H,37,38). The first-order valence-electron chi connectivity index (χ1n) is 13.7. The highest BCUT2D eigenvalue weighted by atomic mass is 16.5. The molecule has 1 fully saturated rings. The van der Waals surface area contributed by atoms with Gasteiger partial charge in [-0.05, 0) is 86.3 Å². The SMILES string of the molecule is Cc1ccc(COc2cccc(-c3ccc(Oc4nc5ccc(C(=O)O)cc5n4CC4CCCO4)cc3)n2)c(C)c1. The maximum absolute atomic E-state index is 11.6. The summed E-state index contributed by atoms with van der Waals surface area (Å²) < 4.78 is 20.0. The maximum Gasteiger partial charge on any atom is 0.335 e. The molecule has 0 aliphatic carbocycles. The van der Waals surface area contributed by atoms with Gasteiger partial charge in [-0.25, -0.2) is 9.78 Å². The Morgan fingerprint density at radius 3 is 2.63 bits per heavy atom. The summed E-state index contributed by atoms with van der Waals surface area (Å²) in [4.78, 5) is 21.0. The molecule has 8 nitrogen and oxygen atoms in total. The van der Waals surface area contributed by atoms with Crippen molar-refractivity contribution in [1.29, 1.82) is 0 Å². The van der Waals surface area contributed by atoms with E-state index >= 15 is 0 Å². The molecule has 1 saturated heterocycles. The van der Waals surface area contributed by atoms with Gasteiger partial charge < -0.3 is 19.3 Å². The molecule has 5 aromatic rings. The van der Waals surface area contributed by atoms with E-state index in [4.69, 9.17) is 19.2 Å². The van der Waals surface area contributed by atoms with E-state index in [9.17, 15) is 9.90 Å². The van der Waals surface area contributed by atoms with Gasteiger partial charge in [0, 0.05) is 18.2 Å². The fourth-order valence-electron chi connectivity index (χ4n) is 5.09. The quantitative estimate of drug-likeness (QED) is 0.212. The van der Waals surface area contributed by atoms with Crippen LogP contribution in [0.3, 0.4) is 0 Å². The summed E-state index contributed by atoms with van der Waals surface area (Å²) in [7, 11) is 0. The average Bonchev–Trinajstić information content (AvgIpc) is 3.61. The average molecular weight is 550 g/mol. The molecule has 3 aromatic carbocycles. The minimum absolute atomic E-state index is 0.0288. The first kappa shape index (κ1) is 26.5. The predicted molar refractivity (Wildman–Crippen MR) is 156 cm³/mol. The Bertz CT molecular complexity index is 1700. The van der Waals surface area contributed by atoms with Crippen molar-refractivity contribution < 1.29 is 24.1 Å². The monoisotopic (exact) mass is 549 g/mol. The molecule has 0 radical (unpaired) electrons. The van der Waals surface area contributed by atoms with Crippen molar-refractivity contribution in [2.75, 3.05) is 6.61 Å². The van der Waals surface area contributed by atoms with Gasteiger partial charge in [-0.1, -0.05) is 29.8 Å². The van der Waals surface area contributed by atoms with Gasteiger partial charge in [-0.3, -0.25) is 4.57 Å². The normalized spacial score (nSPS) is 14.8. The van der Waals surface area contributed by atoms with E-state index in [0.717, 1.165) is 36.3 Å². The molecule has 2 aromatic heterocycles. The summed E-state index contributed by atoms with van der Waals surface area (Å²) >= 11 is 0. The molecule has 208 valence electrons. The van der Waals surface area contributed by atoms with Crippen LogP contribution in [0.4, 0.5) is 0 Å². The Morgan fingerprint density at radius 2 is 1.88 bits per heavy atom. The molecule has 1 aliphatic heterocycles. The lowest BCUT2D eigenvalue weighted by Crippen LogP contribution is -2.15. The number of pyridine rings is 1. The van der Waals surface area contributed by atoms with Crippen molar-refractivity contribution in [3.05, 3.63) is 101 Å². The number of rotatable bonds is 9. The van der Waals surface area contributed by atoms with E-state index in [1.807, 2.05) is 47.0 Å². The Morgan fingerprint density at radius 1 is 1.02 bits per heavy atom. The number of benzene rings is 3. The van der Waals surface area contributed by atoms with E-state index in [2.05, 4.69) is 37.0 Å². The second-order valence-corrected chi connectivity index (χ2v) is 10.4. The van der Waals surface area contributed by atoms with Crippen LogP contribution in [0, 0.1) is 13.8 Å². The molecule has 8 heteroatoms. The van der Waals surface area contributed by atoms with Crippen molar-refractivity contribution in [3.63, 3.8) is 0 Å². The van der Waals surface area contributed by atoms with Gasteiger partial charge in [-0.15, -0.1) is 0 Å². The molecule has 1 aliphatic rings. The third-order valence-electron chi connectivity index (χ3n) is 7.33. The third-order valence-corrected chi connectivity index (χ3v) is 7.33. The van der Waals surface area contributed by atoms with Gasteiger partial charge in [0.05, 0.1) is 34.9 Å². The van der Waals surface area contributed by atoms with Crippen molar-refractivity contribution >= 4 is 17.0 Å². The van der Waals surface area contributed by atoms with Crippen molar-refractivity contribution in [3.8, 4) is 28.9 Å². The van der Waals surface area contributed by atoms with E-state index in [0.29, 0.717) is 41.8 Å². The molecule has 6 rings (SSSR count). The van der Waals surface area contributed by atoms with Crippen LogP contribution < -0.4 is 9.47 Å². The number of carboxylic acid groups (broad SMARTS) is 1. The highest BCUT2D eigenvalue weighted by molar-refractivity contribution is 5.92. The molecule has 0 saturated carbocycles. The molecule has 1 N–H and O–H groups in total. The van der Waals surface area contributed by atoms with E-state index in [1.165, 1.54) is 11.1 Å². The van der Waals surface area contributed by atoms with Crippen LogP contribution >= 0.6 is 0 Å². The van der Waals surface area contributed by atoms with Crippen LogP contribution in [0.25, 0.3) is 22.3 Å². The Kier molecular flexibility index (Phi) is 7.39. The summed E-state index contributed by atoms with van der Waals surface area (Å²) in [5.41, 5.74) is 6.85. The smallest absolute Gasteiger partial charge is 0.335 e. The first-order valence-corrected chi connectivity index (χ1v) is 13.7. The molecule has 0 amide bonds. The van der Waals surface area contributed by atoms with Crippen molar-refractivity contribution in [2.45, 2.75) is 45.9 Å². The minimum Gasteiger partial charge on any atom is -0.478 e. The van der Waals surface area contributed by atoms with E-state index in [1.54, 1.807) is 18.2 Å². The number of imidazole rings is 1. The molecule has 0 bridgehead atoms. The van der Waals surface area contributed by atoms with Gasteiger partial charge in [0.1, 0.15) is 12.4 Å². The molecular weight excluding hydrogens is 518 g/mol. The number of fused-ring (bicyclic) bond motifs is 1. The number of aromatic nitrogens is 3. The number of nitrogens with zero attached hydrogens (tertiary/aromatic N) is 3. The summed E-state index contributed by atoms with van der Waals surface area (Å²) in [5, 5.41) is 9.50. The third kappa shape index (κ3) is 5.93. The van der Waals surface area contributed by atoms with Crippen LogP contribution in [-0.4, -0.2) is 38.3 Å². The summed E-state index contributed by atoms with van der Waals surface area (Å²) in [6.07, 6.45) is 1.97. The lowest BCUT2D eigenvalue weighted by Gasteiger charge is -2.14. The topological polar surface area (TPSA) is 95.7 Å². The number of hydrogen-bond acceptors (Lipinski definition) is 6. The lowest BCUT2D eigenvalue weighted by molar-refractivity contribution is 0.0697. The van der Waals surface area contributed by atoms with Gasteiger partial charge >= 0.3 is 12.0 Å². The van der Waals surface area contributed by atoms with Crippen LogP contribution in [0.1, 0.15) is 39.9 Å². The molecule has 41 heavy (non-hydrogen) atoms. The fourth-order valence-corrected chi connectivity index (χ4v) is 5.09. The van der Waals surface area contributed by atoms with Crippen LogP contribution in [-0.2, 0) is 17.9 Å².